The molecule has 0 fully saturated rings. The molecule has 0 aromatic carbocycles. The van der Waals surface area contributed by atoms with Crippen LogP contribution in [0.2, 0.25) is 0 Å². The minimum atomic E-state index is -1.37. The van der Waals surface area contributed by atoms with Crippen LogP contribution in [-0.2, 0) is 14.3 Å². The third kappa shape index (κ3) is 5.73. The molecule has 0 aliphatic rings. The second-order valence-electron chi connectivity index (χ2n) is 2.99. The maximum absolute atomic E-state index is 11.2. The summed E-state index contributed by atoms with van der Waals surface area (Å²) in [6.07, 6.45) is -3.05. The molecule has 0 aliphatic carbocycles. The third-order valence-electron chi connectivity index (χ3n) is 1.70. The molecule has 0 heterocycles. The molecule has 0 atom stereocenters. The van der Waals surface area contributed by atoms with E-state index in [2.05, 4.69) is 26.7 Å². The van der Waals surface area contributed by atoms with E-state index in [1.165, 1.54) is 0 Å². The first-order valence-electron chi connectivity index (χ1n) is 5.21. The van der Waals surface area contributed by atoms with Gasteiger partial charge in [-0.3, -0.25) is 10.6 Å². The van der Waals surface area contributed by atoms with E-state index in [-0.39, 0.29) is 13.2 Å². The molecule has 0 aromatic heterocycles. The Morgan fingerprint density at radius 3 is 1.78 bits per heavy atom. The number of carbonyl (C=O) groups excluding carboxylic acids is 2. The molecule has 8 heteroatoms. The largest absolute Gasteiger partial charge is 0.478 e. The topological polar surface area (TPSA) is 114 Å². The predicted octanol–water partition coefficient (Wildman–Crippen LogP) is 0.445. The molecule has 0 radical (unpaired) electrons. The number of amides is 2. The van der Waals surface area contributed by atoms with Crippen LogP contribution in [0.15, 0.2) is 12.2 Å². The predicted molar refractivity (Wildman–Crippen MR) is 60.9 cm³/mol. The summed E-state index contributed by atoms with van der Waals surface area (Å²) in [7, 11) is 0. The van der Waals surface area contributed by atoms with Gasteiger partial charge in [-0.25, -0.2) is 14.4 Å². The number of hydrogen-bond acceptors (Lipinski definition) is 5. The lowest BCUT2D eigenvalue weighted by atomic mass is 10.2. The first kappa shape index (κ1) is 15.8. The van der Waals surface area contributed by atoms with Crippen molar-refractivity contribution in [1.29, 1.82) is 0 Å². The van der Waals surface area contributed by atoms with Crippen molar-refractivity contribution >= 4 is 18.2 Å². The molecule has 102 valence electrons. The number of ether oxygens (including phenoxy) is 2. The van der Waals surface area contributed by atoms with Crippen LogP contribution >= 0.6 is 0 Å². The fourth-order valence-electron chi connectivity index (χ4n) is 0.915. The van der Waals surface area contributed by atoms with E-state index in [1.54, 1.807) is 13.8 Å². The first-order valence-corrected chi connectivity index (χ1v) is 5.21. The molecule has 2 amide bonds. The van der Waals surface area contributed by atoms with Gasteiger partial charge in [0.25, 0.3) is 0 Å². The van der Waals surface area contributed by atoms with Crippen molar-refractivity contribution in [1.82, 2.24) is 10.6 Å². The van der Waals surface area contributed by atoms with Crippen molar-refractivity contribution in [3.8, 4) is 0 Å². The second kappa shape index (κ2) is 7.93. The standard InChI is InChI=1S/C10H16N2O6/c1-4-17-9(15)11-7(6(3)8(13)14)12-10(16)18-5-2/h7H,3-5H2,1-2H3,(H,11,15)(H,12,16)(H,13,14). The highest BCUT2D eigenvalue weighted by molar-refractivity contribution is 5.89. The number of carboxylic acids is 1. The molecule has 0 bridgehead atoms. The maximum atomic E-state index is 11.2. The Kier molecular flexibility index (Phi) is 6.94. The van der Waals surface area contributed by atoms with Crippen LogP contribution in [0, 0.1) is 0 Å². The number of aliphatic carboxylic acids is 1. The minimum Gasteiger partial charge on any atom is -0.478 e. The van der Waals surface area contributed by atoms with Crippen LogP contribution in [0.25, 0.3) is 0 Å². The fraction of sp³-hybridized carbons (Fsp3) is 0.500. The van der Waals surface area contributed by atoms with Crippen molar-refractivity contribution in [2.75, 3.05) is 13.2 Å². The number of rotatable bonds is 6. The van der Waals surface area contributed by atoms with Crippen molar-refractivity contribution in [2.24, 2.45) is 0 Å². The summed E-state index contributed by atoms with van der Waals surface area (Å²) < 4.78 is 9.14. The Morgan fingerprint density at radius 2 is 1.50 bits per heavy atom. The zero-order valence-electron chi connectivity index (χ0n) is 10.2. The van der Waals surface area contributed by atoms with Gasteiger partial charge >= 0.3 is 18.2 Å². The van der Waals surface area contributed by atoms with E-state index in [0.29, 0.717) is 0 Å². The second-order valence-corrected chi connectivity index (χ2v) is 2.99. The van der Waals surface area contributed by atoms with Gasteiger partial charge < -0.3 is 14.6 Å². The lowest BCUT2D eigenvalue weighted by Crippen LogP contribution is -2.50. The molecule has 3 N–H and O–H groups in total. The van der Waals surface area contributed by atoms with Crippen LogP contribution in [0.5, 0.6) is 0 Å². The molecule has 0 spiro atoms. The quantitative estimate of drug-likeness (QED) is 0.472. The van der Waals surface area contributed by atoms with Gasteiger partial charge in [-0.2, -0.15) is 0 Å². The Labute approximate surface area is 104 Å². The Morgan fingerprint density at radius 1 is 1.11 bits per heavy atom. The normalized spacial score (nSPS) is 9.50. The number of carbonyl (C=O) groups is 3. The van der Waals surface area contributed by atoms with Crippen LogP contribution in [0.3, 0.4) is 0 Å². The average Bonchev–Trinajstić information content (AvgIpc) is 2.27. The van der Waals surface area contributed by atoms with Gasteiger partial charge in [0.15, 0.2) is 0 Å². The molecule has 0 unspecified atom stereocenters. The van der Waals surface area contributed by atoms with E-state index in [9.17, 15) is 14.4 Å². The number of hydrogen-bond donors (Lipinski definition) is 3. The number of carboxylic acid groups (broad SMARTS) is 1. The SMILES string of the molecule is C=C(C(=O)O)C(NC(=O)OCC)NC(=O)OCC. The summed E-state index contributed by atoms with van der Waals surface area (Å²) in [4.78, 5) is 33.1. The lowest BCUT2D eigenvalue weighted by molar-refractivity contribution is -0.133. The van der Waals surface area contributed by atoms with E-state index < -0.39 is 29.9 Å². The van der Waals surface area contributed by atoms with Gasteiger partial charge in [0.2, 0.25) is 0 Å². The summed E-state index contributed by atoms with van der Waals surface area (Å²) in [6, 6.07) is 0. The van der Waals surface area contributed by atoms with E-state index >= 15 is 0 Å². The monoisotopic (exact) mass is 260 g/mol. The number of nitrogens with one attached hydrogen (secondary N) is 2. The molecular weight excluding hydrogens is 244 g/mol. The first-order chi connectivity index (χ1) is 8.42. The highest BCUT2D eigenvalue weighted by Crippen LogP contribution is 1.98. The zero-order valence-corrected chi connectivity index (χ0v) is 10.2. The Bertz CT molecular complexity index is 321. The third-order valence-corrected chi connectivity index (χ3v) is 1.70. The Hall–Kier alpha value is -2.25. The summed E-state index contributed by atoms with van der Waals surface area (Å²) in [6.45, 7) is 6.62. The van der Waals surface area contributed by atoms with Gasteiger partial charge in [0.05, 0.1) is 18.8 Å². The summed E-state index contributed by atoms with van der Waals surface area (Å²) in [5.41, 5.74) is -0.420. The van der Waals surface area contributed by atoms with Crippen molar-refractivity contribution in [3.63, 3.8) is 0 Å². The van der Waals surface area contributed by atoms with Gasteiger partial charge in [-0.05, 0) is 13.8 Å². The van der Waals surface area contributed by atoms with Crippen LogP contribution in [0.1, 0.15) is 13.8 Å². The average molecular weight is 260 g/mol. The lowest BCUT2D eigenvalue weighted by Gasteiger charge is -2.19. The molecular formula is C10H16N2O6. The molecule has 0 rings (SSSR count). The molecule has 8 nitrogen and oxygen atoms in total. The smallest absolute Gasteiger partial charge is 0.409 e. The molecule has 0 saturated heterocycles. The highest BCUT2D eigenvalue weighted by Gasteiger charge is 2.23. The van der Waals surface area contributed by atoms with Crippen molar-refractivity contribution in [2.45, 2.75) is 20.0 Å². The summed E-state index contributed by atoms with van der Waals surface area (Å²) in [5, 5.41) is 13.0. The molecule has 18 heavy (non-hydrogen) atoms. The molecule has 0 saturated carbocycles. The maximum Gasteiger partial charge on any atom is 0.409 e. The van der Waals surface area contributed by atoms with Gasteiger partial charge in [-0.15, -0.1) is 0 Å². The van der Waals surface area contributed by atoms with Gasteiger partial charge in [0.1, 0.15) is 6.17 Å². The minimum absolute atomic E-state index is 0.109. The van der Waals surface area contributed by atoms with E-state index in [1.807, 2.05) is 0 Å². The van der Waals surface area contributed by atoms with Crippen LogP contribution < -0.4 is 10.6 Å². The van der Waals surface area contributed by atoms with Gasteiger partial charge in [0, 0.05) is 0 Å². The zero-order chi connectivity index (χ0) is 14.1. The highest BCUT2D eigenvalue weighted by atomic mass is 16.6. The van der Waals surface area contributed by atoms with E-state index in [4.69, 9.17) is 5.11 Å². The molecule has 0 aliphatic heterocycles. The Balaban J connectivity index is 4.62. The molecule has 0 aromatic rings. The van der Waals surface area contributed by atoms with Crippen molar-refractivity contribution in [3.05, 3.63) is 12.2 Å². The van der Waals surface area contributed by atoms with Crippen LogP contribution in [-0.4, -0.2) is 42.6 Å². The number of alkyl carbamates (subject to hydrolysis) is 2. The van der Waals surface area contributed by atoms with Crippen molar-refractivity contribution < 1.29 is 29.0 Å². The van der Waals surface area contributed by atoms with E-state index in [0.717, 1.165) is 0 Å². The fourth-order valence-corrected chi connectivity index (χ4v) is 0.915. The van der Waals surface area contributed by atoms with Crippen LogP contribution in [0.4, 0.5) is 9.59 Å². The summed E-state index contributed by atoms with van der Waals surface area (Å²) in [5.74, 6) is -1.37. The summed E-state index contributed by atoms with van der Waals surface area (Å²) >= 11 is 0. The van der Waals surface area contributed by atoms with Gasteiger partial charge in [-0.1, -0.05) is 6.58 Å².